The maximum atomic E-state index is 11.1. The van der Waals surface area contributed by atoms with Crippen LogP contribution in [0.5, 0.6) is 5.75 Å². The van der Waals surface area contributed by atoms with E-state index in [1.165, 1.54) is 0 Å². The van der Waals surface area contributed by atoms with E-state index in [0.717, 1.165) is 11.3 Å². The lowest BCUT2D eigenvalue weighted by atomic mass is 9.86. The molecule has 5 nitrogen and oxygen atoms in total. The van der Waals surface area contributed by atoms with Crippen molar-refractivity contribution >= 4 is 5.97 Å². The summed E-state index contributed by atoms with van der Waals surface area (Å²) in [5, 5.41) is 12.3. The number of benzene rings is 1. The van der Waals surface area contributed by atoms with E-state index in [0.29, 0.717) is 13.1 Å². The first kappa shape index (κ1) is 12.9. The number of hydrogen-bond donors (Lipinski definition) is 2. The quantitative estimate of drug-likeness (QED) is 0.785. The molecule has 1 aliphatic heterocycles. The van der Waals surface area contributed by atoms with Gasteiger partial charge in [-0.25, -0.2) is 0 Å². The summed E-state index contributed by atoms with van der Waals surface area (Å²) >= 11 is 0. The van der Waals surface area contributed by atoms with E-state index in [9.17, 15) is 4.79 Å². The fourth-order valence-corrected chi connectivity index (χ4v) is 1.94. The van der Waals surface area contributed by atoms with E-state index in [1.807, 2.05) is 24.3 Å². The second kappa shape index (κ2) is 5.37. The van der Waals surface area contributed by atoms with Crippen molar-refractivity contribution in [3.05, 3.63) is 29.8 Å². The van der Waals surface area contributed by atoms with Crippen LogP contribution >= 0.6 is 0 Å². The number of carboxylic acid groups (broad SMARTS) is 1. The minimum absolute atomic E-state index is 0.279. The predicted octanol–water partition coefficient (Wildman–Crippen LogP) is 0.886. The van der Waals surface area contributed by atoms with E-state index in [4.69, 9.17) is 14.6 Å². The monoisotopic (exact) mass is 251 g/mol. The molecule has 0 spiro atoms. The summed E-state index contributed by atoms with van der Waals surface area (Å²) in [6.07, 6.45) is 0. The van der Waals surface area contributed by atoms with Gasteiger partial charge in [0.1, 0.15) is 11.2 Å². The van der Waals surface area contributed by atoms with Crippen LogP contribution in [0.2, 0.25) is 0 Å². The normalized spacial score (nSPS) is 16.9. The summed E-state index contributed by atoms with van der Waals surface area (Å²) < 4.78 is 10.2. The smallest absolute Gasteiger partial charge is 0.315 e. The van der Waals surface area contributed by atoms with Crippen LogP contribution in [0.4, 0.5) is 0 Å². The molecule has 0 aromatic heterocycles. The number of para-hydroxylation sites is 1. The molecule has 1 aromatic carbocycles. The molecule has 2 rings (SSSR count). The van der Waals surface area contributed by atoms with Crippen LogP contribution in [0.1, 0.15) is 5.56 Å². The Morgan fingerprint density at radius 2 is 2.22 bits per heavy atom. The van der Waals surface area contributed by atoms with Gasteiger partial charge in [-0.1, -0.05) is 18.2 Å². The highest BCUT2D eigenvalue weighted by Crippen LogP contribution is 2.27. The van der Waals surface area contributed by atoms with Crippen molar-refractivity contribution in [3.63, 3.8) is 0 Å². The topological polar surface area (TPSA) is 67.8 Å². The Labute approximate surface area is 106 Å². The van der Waals surface area contributed by atoms with E-state index in [2.05, 4.69) is 5.32 Å². The summed E-state index contributed by atoms with van der Waals surface area (Å²) in [4.78, 5) is 11.1. The van der Waals surface area contributed by atoms with Crippen molar-refractivity contribution in [2.45, 2.75) is 6.54 Å². The highest BCUT2D eigenvalue weighted by molar-refractivity contribution is 5.76. The average Bonchev–Trinajstić information content (AvgIpc) is 2.32. The van der Waals surface area contributed by atoms with Gasteiger partial charge in [0.05, 0.1) is 20.3 Å². The highest BCUT2D eigenvalue weighted by atomic mass is 16.5. The van der Waals surface area contributed by atoms with Crippen LogP contribution in [-0.4, -0.2) is 37.9 Å². The Kier molecular flexibility index (Phi) is 3.84. The third-order valence-corrected chi connectivity index (χ3v) is 3.18. The lowest BCUT2D eigenvalue weighted by molar-refractivity contribution is -0.178. The number of ether oxygens (including phenoxy) is 2. The van der Waals surface area contributed by atoms with Crippen molar-refractivity contribution < 1.29 is 19.4 Å². The Balaban J connectivity index is 1.90. The van der Waals surface area contributed by atoms with Crippen molar-refractivity contribution in [1.29, 1.82) is 0 Å². The lowest BCUT2D eigenvalue weighted by Gasteiger charge is -2.37. The molecular weight excluding hydrogens is 234 g/mol. The maximum Gasteiger partial charge on any atom is 0.315 e. The van der Waals surface area contributed by atoms with Crippen LogP contribution in [0.3, 0.4) is 0 Å². The molecular formula is C13H17NO4. The fraction of sp³-hybridized carbons (Fsp3) is 0.462. The first-order valence-corrected chi connectivity index (χ1v) is 5.82. The van der Waals surface area contributed by atoms with Gasteiger partial charge >= 0.3 is 5.97 Å². The van der Waals surface area contributed by atoms with Crippen LogP contribution in [0.15, 0.2) is 24.3 Å². The third-order valence-electron chi connectivity index (χ3n) is 3.18. The van der Waals surface area contributed by atoms with Gasteiger partial charge in [0, 0.05) is 18.7 Å². The van der Waals surface area contributed by atoms with Crippen LogP contribution in [-0.2, 0) is 16.1 Å². The van der Waals surface area contributed by atoms with Crippen molar-refractivity contribution in [3.8, 4) is 5.75 Å². The van der Waals surface area contributed by atoms with Gasteiger partial charge in [-0.05, 0) is 6.07 Å². The standard InChI is InChI=1S/C13H17NO4/c1-17-11-5-3-2-4-10(11)6-14-7-13(12(15)16)8-18-9-13/h2-5,14H,6-9H2,1H3,(H,15,16). The van der Waals surface area contributed by atoms with Gasteiger partial charge in [-0.15, -0.1) is 0 Å². The molecule has 0 aliphatic carbocycles. The second-order valence-corrected chi connectivity index (χ2v) is 4.49. The maximum absolute atomic E-state index is 11.1. The summed E-state index contributed by atoms with van der Waals surface area (Å²) in [6.45, 7) is 1.54. The van der Waals surface area contributed by atoms with E-state index < -0.39 is 11.4 Å². The van der Waals surface area contributed by atoms with E-state index >= 15 is 0 Å². The lowest BCUT2D eigenvalue weighted by Crippen LogP contribution is -2.55. The Morgan fingerprint density at radius 1 is 1.50 bits per heavy atom. The summed E-state index contributed by atoms with van der Waals surface area (Å²) in [7, 11) is 1.62. The molecule has 0 bridgehead atoms. The van der Waals surface area contributed by atoms with Crippen LogP contribution in [0, 0.1) is 5.41 Å². The Bertz CT molecular complexity index is 429. The molecule has 1 fully saturated rings. The largest absolute Gasteiger partial charge is 0.496 e. The number of rotatable bonds is 6. The van der Waals surface area contributed by atoms with Gasteiger partial charge in [0.25, 0.3) is 0 Å². The van der Waals surface area contributed by atoms with Gasteiger partial charge < -0.3 is 19.9 Å². The molecule has 1 aromatic rings. The van der Waals surface area contributed by atoms with Gasteiger partial charge in [-0.3, -0.25) is 4.79 Å². The number of aliphatic carboxylic acids is 1. The zero-order chi connectivity index (χ0) is 13.0. The molecule has 0 atom stereocenters. The Hall–Kier alpha value is -1.59. The highest BCUT2D eigenvalue weighted by Gasteiger charge is 2.45. The average molecular weight is 251 g/mol. The zero-order valence-corrected chi connectivity index (χ0v) is 10.3. The molecule has 0 unspecified atom stereocenters. The van der Waals surface area contributed by atoms with Gasteiger partial charge in [0.15, 0.2) is 0 Å². The molecule has 18 heavy (non-hydrogen) atoms. The Morgan fingerprint density at radius 3 is 2.78 bits per heavy atom. The molecule has 0 saturated carbocycles. The fourth-order valence-electron chi connectivity index (χ4n) is 1.94. The van der Waals surface area contributed by atoms with Crippen molar-refractivity contribution in [2.75, 3.05) is 26.9 Å². The van der Waals surface area contributed by atoms with Crippen molar-refractivity contribution in [1.82, 2.24) is 5.32 Å². The predicted molar refractivity (Wildman–Crippen MR) is 65.6 cm³/mol. The van der Waals surface area contributed by atoms with E-state index in [-0.39, 0.29) is 13.2 Å². The molecule has 1 saturated heterocycles. The number of nitrogens with one attached hydrogen (secondary N) is 1. The molecule has 2 N–H and O–H groups in total. The summed E-state index contributed by atoms with van der Waals surface area (Å²) in [5.74, 6) is 0.000473. The number of carboxylic acids is 1. The van der Waals surface area contributed by atoms with Gasteiger partial charge in [-0.2, -0.15) is 0 Å². The zero-order valence-electron chi connectivity index (χ0n) is 10.3. The third kappa shape index (κ3) is 2.47. The minimum Gasteiger partial charge on any atom is -0.496 e. The first-order valence-electron chi connectivity index (χ1n) is 5.82. The van der Waals surface area contributed by atoms with Crippen LogP contribution in [0.25, 0.3) is 0 Å². The van der Waals surface area contributed by atoms with Crippen molar-refractivity contribution in [2.24, 2.45) is 5.41 Å². The van der Waals surface area contributed by atoms with E-state index in [1.54, 1.807) is 7.11 Å². The SMILES string of the molecule is COc1ccccc1CNCC1(C(=O)O)COC1. The molecule has 0 amide bonds. The molecule has 0 radical (unpaired) electrons. The van der Waals surface area contributed by atoms with Crippen LogP contribution < -0.4 is 10.1 Å². The summed E-state index contributed by atoms with van der Waals surface area (Å²) in [5.41, 5.74) is 0.253. The second-order valence-electron chi connectivity index (χ2n) is 4.49. The molecule has 5 heteroatoms. The first-order chi connectivity index (χ1) is 8.68. The number of carbonyl (C=O) groups is 1. The summed E-state index contributed by atoms with van der Waals surface area (Å²) in [6, 6.07) is 7.67. The van der Waals surface area contributed by atoms with Gasteiger partial charge in [0.2, 0.25) is 0 Å². The molecule has 98 valence electrons. The minimum atomic E-state index is -0.804. The number of methoxy groups -OCH3 is 1. The molecule has 1 aliphatic rings. The molecule has 1 heterocycles. The number of hydrogen-bond acceptors (Lipinski definition) is 4.